The van der Waals surface area contributed by atoms with E-state index in [0.29, 0.717) is 12.4 Å². The quantitative estimate of drug-likeness (QED) is 0.765. The minimum atomic E-state index is -0.222. The second-order valence-electron chi connectivity index (χ2n) is 4.13. The lowest BCUT2D eigenvalue weighted by Crippen LogP contribution is -2.44. The molecule has 0 spiro atoms. The Morgan fingerprint density at radius 3 is 2.69 bits per heavy atom. The number of nitrogens with one attached hydrogen (secondary N) is 1. The van der Waals surface area contributed by atoms with E-state index in [-0.39, 0.29) is 12.1 Å². The zero-order valence-electron chi connectivity index (χ0n) is 10.2. The lowest BCUT2D eigenvalue weighted by molar-refractivity contribution is 0.169. The fourth-order valence-corrected chi connectivity index (χ4v) is 1.24. The predicted molar refractivity (Wildman–Crippen MR) is 63.4 cm³/mol. The number of pyridine rings is 1. The van der Waals surface area contributed by atoms with Crippen LogP contribution in [0.25, 0.3) is 0 Å². The number of rotatable bonds is 6. The summed E-state index contributed by atoms with van der Waals surface area (Å²) in [6.45, 7) is 4.88. The van der Waals surface area contributed by atoms with Crippen molar-refractivity contribution in [3.63, 3.8) is 0 Å². The van der Waals surface area contributed by atoms with Crippen LogP contribution in [0.15, 0.2) is 18.3 Å². The molecule has 2 N–H and O–H groups in total. The Morgan fingerprint density at radius 2 is 2.25 bits per heavy atom. The summed E-state index contributed by atoms with van der Waals surface area (Å²) in [5, 5.41) is 12.6. The van der Waals surface area contributed by atoms with Crippen molar-refractivity contribution < 1.29 is 9.84 Å². The SMILES string of the molecule is CCC(C)(CO)NCc1ccc(OC)nc1. The van der Waals surface area contributed by atoms with Crippen molar-refractivity contribution in [1.29, 1.82) is 0 Å². The summed E-state index contributed by atoms with van der Waals surface area (Å²) in [4.78, 5) is 4.12. The molecule has 4 heteroatoms. The van der Waals surface area contributed by atoms with Crippen LogP contribution >= 0.6 is 0 Å². The minimum absolute atomic E-state index is 0.132. The highest BCUT2D eigenvalue weighted by atomic mass is 16.5. The Labute approximate surface area is 96.7 Å². The van der Waals surface area contributed by atoms with Crippen LogP contribution in [-0.2, 0) is 6.54 Å². The number of methoxy groups -OCH3 is 1. The van der Waals surface area contributed by atoms with Crippen LogP contribution in [0.3, 0.4) is 0 Å². The summed E-state index contributed by atoms with van der Waals surface area (Å²) in [5.41, 5.74) is 0.855. The number of nitrogens with zero attached hydrogens (tertiary/aromatic N) is 1. The third-order valence-electron chi connectivity index (χ3n) is 2.86. The molecule has 1 atom stereocenters. The summed E-state index contributed by atoms with van der Waals surface area (Å²) >= 11 is 0. The van der Waals surface area contributed by atoms with E-state index in [4.69, 9.17) is 4.74 Å². The first kappa shape index (κ1) is 12.9. The topological polar surface area (TPSA) is 54.4 Å². The molecule has 0 fully saturated rings. The van der Waals surface area contributed by atoms with Crippen molar-refractivity contribution in [2.75, 3.05) is 13.7 Å². The zero-order chi connectivity index (χ0) is 12.0. The average Bonchev–Trinajstić information content (AvgIpc) is 2.36. The molecule has 0 aliphatic heterocycles. The molecule has 1 heterocycles. The number of hydrogen-bond donors (Lipinski definition) is 2. The predicted octanol–water partition coefficient (Wildman–Crippen LogP) is 1.34. The Kier molecular flexibility index (Phi) is 4.71. The molecule has 0 saturated heterocycles. The molecule has 0 radical (unpaired) electrons. The van der Waals surface area contributed by atoms with Crippen LogP contribution in [0.1, 0.15) is 25.8 Å². The summed E-state index contributed by atoms with van der Waals surface area (Å²) in [6.07, 6.45) is 2.66. The number of aliphatic hydroxyl groups excluding tert-OH is 1. The molecule has 0 bridgehead atoms. The third kappa shape index (κ3) is 3.47. The van der Waals surface area contributed by atoms with E-state index in [2.05, 4.69) is 17.2 Å². The molecule has 0 aromatic carbocycles. The molecule has 16 heavy (non-hydrogen) atoms. The van der Waals surface area contributed by atoms with Gasteiger partial charge in [-0.25, -0.2) is 4.98 Å². The fraction of sp³-hybridized carbons (Fsp3) is 0.583. The normalized spacial score (nSPS) is 14.5. The van der Waals surface area contributed by atoms with Gasteiger partial charge in [-0.15, -0.1) is 0 Å². The lowest BCUT2D eigenvalue weighted by atomic mass is 10.00. The largest absolute Gasteiger partial charge is 0.481 e. The van der Waals surface area contributed by atoms with Gasteiger partial charge in [0.2, 0.25) is 5.88 Å². The molecular weight excluding hydrogens is 204 g/mol. The maximum atomic E-state index is 9.25. The molecule has 90 valence electrons. The van der Waals surface area contributed by atoms with Crippen molar-refractivity contribution in [2.24, 2.45) is 0 Å². The van der Waals surface area contributed by atoms with E-state index in [1.807, 2.05) is 19.1 Å². The molecule has 1 unspecified atom stereocenters. The molecule has 0 saturated carbocycles. The molecule has 1 rings (SSSR count). The van der Waals surface area contributed by atoms with Gasteiger partial charge < -0.3 is 15.2 Å². The van der Waals surface area contributed by atoms with Crippen molar-refractivity contribution in [3.05, 3.63) is 23.9 Å². The highest BCUT2D eigenvalue weighted by Gasteiger charge is 2.19. The van der Waals surface area contributed by atoms with Crippen LogP contribution in [-0.4, -0.2) is 29.3 Å². The maximum absolute atomic E-state index is 9.25. The van der Waals surface area contributed by atoms with E-state index in [9.17, 15) is 5.11 Å². The standard InChI is InChI=1S/C12H20N2O2/c1-4-12(2,9-15)14-8-10-5-6-11(16-3)13-7-10/h5-7,14-15H,4,8-9H2,1-3H3. The minimum Gasteiger partial charge on any atom is -0.481 e. The Balaban J connectivity index is 2.54. The van der Waals surface area contributed by atoms with Crippen LogP contribution < -0.4 is 10.1 Å². The Morgan fingerprint density at radius 1 is 1.50 bits per heavy atom. The molecule has 4 nitrogen and oxygen atoms in total. The zero-order valence-corrected chi connectivity index (χ0v) is 10.2. The van der Waals surface area contributed by atoms with E-state index in [0.717, 1.165) is 12.0 Å². The van der Waals surface area contributed by atoms with Crippen LogP contribution in [0.5, 0.6) is 5.88 Å². The third-order valence-corrected chi connectivity index (χ3v) is 2.86. The van der Waals surface area contributed by atoms with E-state index >= 15 is 0 Å². The summed E-state index contributed by atoms with van der Waals surface area (Å²) < 4.78 is 4.99. The second-order valence-corrected chi connectivity index (χ2v) is 4.13. The van der Waals surface area contributed by atoms with Gasteiger partial charge in [0.1, 0.15) is 0 Å². The maximum Gasteiger partial charge on any atom is 0.212 e. The van der Waals surface area contributed by atoms with Gasteiger partial charge in [-0.1, -0.05) is 13.0 Å². The highest BCUT2D eigenvalue weighted by Crippen LogP contribution is 2.11. The van der Waals surface area contributed by atoms with Gasteiger partial charge in [0.05, 0.1) is 13.7 Å². The van der Waals surface area contributed by atoms with Crippen LogP contribution in [0.2, 0.25) is 0 Å². The molecule has 0 amide bonds. The van der Waals surface area contributed by atoms with Crippen molar-refractivity contribution in [2.45, 2.75) is 32.4 Å². The van der Waals surface area contributed by atoms with Gasteiger partial charge in [0.15, 0.2) is 0 Å². The number of aromatic nitrogens is 1. The molecule has 0 aliphatic carbocycles. The lowest BCUT2D eigenvalue weighted by Gasteiger charge is -2.27. The number of ether oxygens (including phenoxy) is 1. The second kappa shape index (κ2) is 5.82. The molecule has 1 aromatic heterocycles. The van der Waals surface area contributed by atoms with Gasteiger partial charge in [0, 0.05) is 24.3 Å². The molecule has 0 aliphatic rings. The summed E-state index contributed by atoms with van der Waals surface area (Å²) in [5.74, 6) is 0.615. The first-order valence-corrected chi connectivity index (χ1v) is 5.48. The Hall–Kier alpha value is -1.13. The number of hydrogen-bond acceptors (Lipinski definition) is 4. The number of aliphatic hydroxyl groups is 1. The first-order chi connectivity index (χ1) is 7.63. The Bertz CT molecular complexity index is 307. The van der Waals surface area contributed by atoms with Crippen molar-refractivity contribution >= 4 is 0 Å². The summed E-state index contributed by atoms with van der Waals surface area (Å²) in [6, 6.07) is 3.80. The highest BCUT2D eigenvalue weighted by molar-refractivity contribution is 5.17. The monoisotopic (exact) mass is 224 g/mol. The first-order valence-electron chi connectivity index (χ1n) is 5.48. The van der Waals surface area contributed by atoms with Crippen LogP contribution in [0.4, 0.5) is 0 Å². The van der Waals surface area contributed by atoms with E-state index < -0.39 is 0 Å². The van der Waals surface area contributed by atoms with Gasteiger partial charge in [0.25, 0.3) is 0 Å². The summed E-state index contributed by atoms with van der Waals surface area (Å²) in [7, 11) is 1.60. The average molecular weight is 224 g/mol. The van der Waals surface area contributed by atoms with Gasteiger partial charge in [-0.05, 0) is 18.9 Å². The van der Waals surface area contributed by atoms with Gasteiger partial charge in [-0.2, -0.15) is 0 Å². The molecular formula is C12H20N2O2. The van der Waals surface area contributed by atoms with E-state index in [1.165, 1.54) is 0 Å². The van der Waals surface area contributed by atoms with Crippen LogP contribution in [0, 0.1) is 0 Å². The molecule has 1 aromatic rings. The van der Waals surface area contributed by atoms with Crippen molar-refractivity contribution in [3.8, 4) is 5.88 Å². The smallest absolute Gasteiger partial charge is 0.212 e. The fourth-order valence-electron chi connectivity index (χ4n) is 1.24. The van der Waals surface area contributed by atoms with E-state index in [1.54, 1.807) is 13.3 Å². The van der Waals surface area contributed by atoms with Crippen molar-refractivity contribution in [1.82, 2.24) is 10.3 Å². The van der Waals surface area contributed by atoms with Gasteiger partial charge in [-0.3, -0.25) is 0 Å². The van der Waals surface area contributed by atoms with Gasteiger partial charge >= 0.3 is 0 Å².